The zero-order valence-corrected chi connectivity index (χ0v) is 8.96. The summed E-state index contributed by atoms with van der Waals surface area (Å²) in [6.45, 7) is 0. The molecule has 1 unspecified atom stereocenters. The van der Waals surface area contributed by atoms with Crippen LogP contribution in [0.15, 0.2) is 22.9 Å². The van der Waals surface area contributed by atoms with E-state index in [0.717, 1.165) is 0 Å². The second-order valence-electron chi connectivity index (χ2n) is 3.45. The number of nitrogens with zero attached hydrogens (tertiary/aromatic N) is 1. The summed E-state index contributed by atoms with van der Waals surface area (Å²) in [5.74, 6) is -4.68. The Balaban J connectivity index is 2.55. The number of carboxylic acids is 1. The maximum Gasteiger partial charge on any atom is 0.320 e. The molecule has 1 N–H and O–H groups in total. The first kappa shape index (κ1) is 10.5. The minimum Gasteiger partial charge on any atom is -0.480 e. The molecule has 1 fully saturated rings. The summed E-state index contributed by atoms with van der Waals surface area (Å²) in [7, 11) is 0. The molecular weight excluding hydrogens is 272 g/mol. The van der Waals surface area contributed by atoms with Gasteiger partial charge in [0.1, 0.15) is 0 Å². The third kappa shape index (κ3) is 1.27. The van der Waals surface area contributed by atoms with Crippen molar-refractivity contribution >= 4 is 21.9 Å². The van der Waals surface area contributed by atoms with Gasteiger partial charge in [0.15, 0.2) is 5.41 Å². The molecule has 6 heteroatoms. The van der Waals surface area contributed by atoms with E-state index < -0.39 is 23.7 Å². The zero-order chi connectivity index (χ0) is 11.3. The molecule has 0 aliphatic heterocycles. The highest BCUT2D eigenvalue weighted by Gasteiger charge is 2.77. The monoisotopic (exact) mass is 277 g/mol. The highest BCUT2D eigenvalue weighted by atomic mass is 79.9. The third-order valence-electron chi connectivity index (χ3n) is 2.58. The second-order valence-corrected chi connectivity index (χ2v) is 4.30. The Hall–Kier alpha value is -1.04. The van der Waals surface area contributed by atoms with E-state index in [-0.39, 0.29) is 5.56 Å². The molecule has 0 saturated heterocycles. The number of halogens is 3. The quantitative estimate of drug-likeness (QED) is 0.902. The number of rotatable bonds is 2. The van der Waals surface area contributed by atoms with Crippen molar-refractivity contribution in [1.29, 1.82) is 0 Å². The Bertz CT molecular complexity index is 438. The molecule has 0 aromatic carbocycles. The topological polar surface area (TPSA) is 50.2 Å². The molecule has 1 aromatic rings. The largest absolute Gasteiger partial charge is 0.480 e. The van der Waals surface area contributed by atoms with Gasteiger partial charge in [-0.3, -0.25) is 9.78 Å². The zero-order valence-electron chi connectivity index (χ0n) is 7.38. The first-order valence-corrected chi connectivity index (χ1v) is 4.92. The van der Waals surface area contributed by atoms with E-state index in [9.17, 15) is 13.6 Å². The molecule has 2 rings (SSSR count). The fourth-order valence-corrected chi connectivity index (χ4v) is 2.24. The van der Waals surface area contributed by atoms with Crippen molar-refractivity contribution in [3.8, 4) is 0 Å². The highest BCUT2D eigenvalue weighted by Crippen LogP contribution is 2.62. The van der Waals surface area contributed by atoms with Gasteiger partial charge in [-0.05, 0) is 27.6 Å². The number of carboxylic acid groups (broad SMARTS) is 1. The van der Waals surface area contributed by atoms with E-state index in [4.69, 9.17) is 5.11 Å². The van der Waals surface area contributed by atoms with E-state index in [1.807, 2.05) is 0 Å². The van der Waals surface area contributed by atoms with Crippen LogP contribution in [0.3, 0.4) is 0 Å². The average molecular weight is 278 g/mol. The normalized spacial score (nSPS) is 27.4. The van der Waals surface area contributed by atoms with Crippen LogP contribution in [0, 0.1) is 0 Å². The maximum absolute atomic E-state index is 13.1. The Morgan fingerprint density at radius 1 is 1.60 bits per heavy atom. The number of hydrogen-bond acceptors (Lipinski definition) is 2. The van der Waals surface area contributed by atoms with Gasteiger partial charge in [-0.2, -0.15) is 0 Å². The summed E-state index contributed by atoms with van der Waals surface area (Å²) in [5, 5.41) is 8.90. The molecule has 1 saturated carbocycles. The van der Waals surface area contributed by atoms with Crippen LogP contribution in [0.5, 0.6) is 0 Å². The lowest BCUT2D eigenvalue weighted by atomic mass is 9.97. The van der Waals surface area contributed by atoms with Gasteiger partial charge in [0, 0.05) is 23.3 Å². The summed E-state index contributed by atoms with van der Waals surface area (Å²) >= 11 is 3.03. The summed E-state index contributed by atoms with van der Waals surface area (Å²) in [5.41, 5.74) is -2.00. The van der Waals surface area contributed by atoms with Crippen molar-refractivity contribution in [2.45, 2.75) is 17.8 Å². The average Bonchev–Trinajstić information content (AvgIpc) is 2.71. The number of carbonyl (C=O) groups is 1. The molecule has 0 amide bonds. The van der Waals surface area contributed by atoms with Crippen molar-refractivity contribution in [2.75, 3.05) is 0 Å². The van der Waals surface area contributed by atoms with E-state index in [0.29, 0.717) is 4.47 Å². The van der Waals surface area contributed by atoms with Crippen molar-refractivity contribution in [1.82, 2.24) is 4.98 Å². The van der Waals surface area contributed by atoms with E-state index >= 15 is 0 Å². The lowest BCUT2D eigenvalue weighted by Gasteiger charge is -2.12. The van der Waals surface area contributed by atoms with Gasteiger partial charge in [0.05, 0.1) is 0 Å². The van der Waals surface area contributed by atoms with E-state index in [1.54, 1.807) is 0 Å². The van der Waals surface area contributed by atoms with Gasteiger partial charge in [0.25, 0.3) is 5.92 Å². The minimum absolute atomic E-state index is 0.0787. The number of pyridine rings is 1. The maximum atomic E-state index is 13.1. The molecule has 0 bridgehead atoms. The van der Waals surface area contributed by atoms with Crippen LogP contribution < -0.4 is 0 Å². The lowest BCUT2D eigenvalue weighted by Crippen LogP contribution is -2.27. The van der Waals surface area contributed by atoms with Crippen LogP contribution >= 0.6 is 15.9 Å². The predicted molar refractivity (Wildman–Crippen MR) is 50.8 cm³/mol. The number of alkyl halides is 2. The molecule has 1 atom stereocenters. The van der Waals surface area contributed by atoms with Crippen LogP contribution in [0.1, 0.15) is 12.0 Å². The molecule has 1 aliphatic rings. The van der Waals surface area contributed by atoms with Crippen molar-refractivity contribution in [3.05, 3.63) is 28.5 Å². The van der Waals surface area contributed by atoms with Crippen molar-refractivity contribution in [2.24, 2.45) is 0 Å². The van der Waals surface area contributed by atoms with Gasteiger partial charge in [-0.15, -0.1) is 0 Å². The van der Waals surface area contributed by atoms with Gasteiger partial charge < -0.3 is 5.11 Å². The third-order valence-corrected chi connectivity index (χ3v) is 3.22. The first-order chi connectivity index (χ1) is 6.92. The molecular formula is C9H6BrF2NO2. The molecule has 15 heavy (non-hydrogen) atoms. The summed E-state index contributed by atoms with van der Waals surface area (Å²) in [4.78, 5) is 14.6. The van der Waals surface area contributed by atoms with Crippen molar-refractivity contribution < 1.29 is 18.7 Å². The number of aliphatic carboxylic acids is 1. The first-order valence-electron chi connectivity index (χ1n) is 4.13. The summed E-state index contributed by atoms with van der Waals surface area (Å²) in [6.07, 6.45) is 1.96. The Morgan fingerprint density at radius 3 is 2.60 bits per heavy atom. The second kappa shape index (κ2) is 2.98. The summed E-state index contributed by atoms with van der Waals surface area (Å²) < 4.78 is 26.6. The van der Waals surface area contributed by atoms with Crippen molar-refractivity contribution in [3.63, 3.8) is 0 Å². The van der Waals surface area contributed by atoms with Crippen LogP contribution in [-0.2, 0) is 10.2 Å². The smallest absolute Gasteiger partial charge is 0.320 e. The molecule has 1 aromatic heterocycles. The fourth-order valence-electron chi connectivity index (χ4n) is 1.65. The highest BCUT2D eigenvalue weighted by molar-refractivity contribution is 9.10. The van der Waals surface area contributed by atoms with Crippen LogP contribution in [0.2, 0.25) is 0 Å². The number of aromatic nitrogens is 1. The fraction of sp³-hybridized carbons (Fsp3) is 0.333. The molecule has 3 nitrogen and oxygen atoms in total. The molecule has 80 valence electrons. The Morgan fingerprint density at radius 2 is 2.20 bits per heavy atom. The van der Waals surface area contributed by atoms with Crippen LogP contribution in [-0.4, -0.2) is 22.0 Å². The molecule has 0 radical (unpaired) electrons. The predicted octanol–water partition coefficient (Wildman–Crippen LogP) is 2.21. The van der Waals surface area contributed by atoms with Crippen LogP contribution in [0.4, 0.5) is 8.78 Å². The summed E-state index contributed by atoms with van der Waals surface area (Å²) in [6, 6.07) is 1.30. The standard InChI is InChI=1S/C9H6BrF2NO2/c10-6-3-13-2-1-5(6)8(7(14)15)4-9(8,11)12/h1-3H,4H2,(H,14,15). The molecule has 0 spiro atoms. The van der Waals surface area contributed by atoms with Crippen LogP contribution in [0.25, 0.3) is 0 Å². The van der Waals surface area contributed by atoms with Gasteiger partial charge in [-0.25, -0.2) is 8.78 Å². The SMILES string of the molecule is O=C(O)C1(c2ccncc2Br)CC1(F)F. The van der Waals surface area contributed by atoms with Gasteiger partial charge in [0.2, 0.25) is 0 Å². The molecule has 1 heterocycles. The minimum atomic E-state index is -3.18. The van der Waals surface area contributed by atoms with Gasteiger partial charge >= 0.3 is 5.97 Å². The molecule has 1 aliphatic carbocycles. The van der Waals surface area contributed by atoms with E-state index in [2.05, 4.69) is 20.9 Å². The Kier molecular flexibility index (Phi) is 2.08. The lowest BCUT2D eigenvalue weighted by molar-refractivity contribution is -0.143. The number of hydrogen-bond donors (Lipinski definition) is 1. The van der Waals surface area contributed by atoms with Gasteiger partial charge in [-0.1, -0.05) is 0 Å². The van der Waals surface area contributed by atoms with E-state index in [1.165, 1.54) is 18.5 Å². The Labute approximate surface area is 92.3 Å².